The molecule has 2 nitrogen and oxygen atoms in total. The van der Waals surface area contributed by atoms with Gasteiger partial charge in [0.15, 0.2) is 0 Å². The summed E-state index contributed by atoms with van der Waals surface area (Å²) in [5, 5.41) is 14.3. The third kappa shape index (κ3) is 3.27. The van der Waals surface area contributed by atoms with Crippen molar-refractivity contribution in [3.05, 3.63) is 28.2 Å². The highest BCUT2D eigenvalue weighted by Gasteiger charge is 2.24. The van der Waals surface area contributed by atoms with Crippen LogP contribution in [0.1, 0.15) is 20.8 Å². The lowest BCUT2D eigenvalue weighted by Crippen LogP contribution is -2.38. The molecule has 0 bridgehead atoms. The number of rotatable bonds is 4. The van der Waals surface area contributed by atoms with Gasteiger partial charge in [0, 0.05) is 6.54 Å². The van der Waals surface area contributed by atoms with Crippen LogP contribution in [0.5, 0.6) is 0 Å². The zero-order valence-electron chi connectivity index (χ0n) is 9.72. The Morgan fingerprint density at radius 3 is 2.25 bits per heavy atom. The molecule has 1 unspecified atom stereocenters. The van der Waals surface area contributed by atoms with E-state index in [0.29, 0.717) is 22.3 Å². The van der Waals surface area contributed by atoms with Crippen molar-refractivity contribution in [3.63, 3.8) is 0 Å². The van der Waals surface area contributed by atoms with E-state index in [9.17, 15) is 5.11 Å². The molecular weight excluding hydrogens is 245 g/mol. The maximum Gasteiger partial charge on any atom is 0.0814 e. The van der Waals surface area contributed by atoms with Crippen LogP contribution in [0.4, 0.5) is 5.69 Å². The first-order valence-electron chi connectivity index (χ1n) is 5.25. The second kappa shape index (κ2) is 5.26. The van der Waals surface area contributed by atoms with Crippen molar-refractivity contribution in [1.29, 1.82) is 0 Å². The normalized spacial score (nSPS) is 14.9. The predicted molar refractivity (Wildman–Crippen MR) is 70.4 cm³/mol. The molecule has 90 valence electrons. The standard InChI is InChI=1S/C12H17Cl2NO/c1-8(2)12(3,16)7-15-11-9(13)5-4-6-10(11)14/h4-6,8,15-16H,7H2,1-3H3. The Kier molecular flexibility index (Phi) is 4.48. The zero-order chi connectivity index (χ0) is 12.3. The van der Waals surface area contributed by atoms with Crippen LogP contribution in [0.15, 0.2) is 18.2 Å². The molecule has 0 aliphatic carbocycles. The first-order valence-corrected chi connectivity index (χ1v) is 6.00. The van der Waals surface area contributed by atoms with Gasteiger partial charge in [0.05, 0.1) is 21.3 Å². The van der Waals surface area contributed by atoms with Crippen molar-refractivity contribution in [1.82, 2.24) is 0 Å². The molecule has 2 N–H and O–H groups in total. The first-order chi connectivity index (χ1) is 7.34. The molecule has 0 saturated carbocycles. The summed E-state index contributed by atoms with van der Waals surface area (Å²) in [5.41, 5.74) is -0.116. The zero-order valence-corrected chi connectivity index (χ0v) is 11.2. The van der Waals surface area contributed by atoms with E-state index in [1.54, 1.807) is 25.1 Å². The lowest BCUT2D eigenvalue weighted by atomic mass is 9.92. The fraction of sp³-hybridized carbons (Fsp3) is 0.500. The molecule has 0 saturated heterocycles. The molecule has 0 radical (unpaired) electrons. The average molecular weight is 262 g/mol. The van der Waals surface area contributed by atoms with Crippen molar-refractivity contribution in [2.24, 2.45) is 5.92 Å². The van der Waals surface area contributed by atoms with Gasteiger partial charge in [-0.15, -0.1) is 0 Å². The Morgan fingerprint density at radius 1 is 1.31 bits per heavy atom. The number of anilines is 1. The summed E-state index contributed by atoms with van der Waals surface area (Å²) in [6, 6.07) is 5.32. The van der Waals surface area contributed by atoms with Gasteiger partial charge in [0.1, 0.15) is 0 Å². The molecule has 4 heteroatoms. The number of para-hydroxylation sites is 1. The van der Waals surface area contributed by atoms with E-state index in [-0.39, 0.29) is 5.92 Å². The number of halogens is 2. The van der Waals surface area contributed by atoms with E-state index in [1.807, 2.05) is 13.8 Å². The summed E-state index contributed by atoms with van der Waals surface area (Å²) >= 11 is 12.0. The summed E-state index contributed by atoms with van der Waals surface area (Å²) in [4.78, 5) is 0. The first kappa shape index (κ1) is 13.6. The Balaban J connectivity index is 2.75. The van der Waals surface area contributed by atoms with Gasteiger partial charge in [-0.25, -0.2) is 0 Å². The van der Waals surface area contributed by atoms with Crippen LogP contribution in [0, 0.1) is 5.92 Å². The third-order valence-corrected chi connectivity index (χ3v) is 3.46. The van der Waals surface area contributed by atoms with Gasteiger partial charge >= 0.3 is 0 Å². The smallest absolute Gasteiger partial charge is 0.0814 e. The molecule has 1 rings (SSSR count). The van der Waals surface area contributed by atoms with Gasteiger partial charge in [-0.1, -0.05) is 43.1 Å². The minimum atomic E-state index is -0.789. The fourth-order valence-electron chi connectivity index (χ4n) is 1.14. The molecule has 0 aliphatic rings. The Hall–Kier alpha value is -0.440. The average Bonchev–Trinajstić information content (AvgIpc) is 2.16. The quantitative estimate of drug-likeness (QED) is 0.864. The second-order valence-corrected chi connectivity index (χ2v) is 5.28. The third-order valence-electron chi connectivity index (χ3n) is 2.83. The molecule has 0 heterocycles. The maximum atomic E-state index is 10.1. The van der Waals surface area contributed by atoms with Crippen LogP contribution in [0.3, 0.4) is 0 Å². The van der Waals surface area contributed by atoms with Crippen LogP contribution in [0.2, 0.25) is 10.0 Å². The Labute approximate surface area is 107 Å². The highest BCUT2D eigenvalue weighted by atomic mass is 35.5. The van der Waals surface area contributed by atoms with Crippen LogP contribution in [0.25, 0.3) is 0 Å². The van der Waals surface area contributed by atoms with E-state index in [1.165, 1.54) is 0 Å². The van der Waals surface area contributed by atoms with E-state index in [2.05, 4.69) is 5.32 Å². The van der Waals surface area contributed by atoms with Gasteiger partial charge < -0.3 is 10.4 Å². The van der Waals surface area contributed by atoms with Gasteiger partial charge in [0.25, 0.3) is 0 Å². The second-order valence-electron chi connectivity index (χ2n) is 4.46. The molecular formula is C12H17Cl2NO. The topological polar surface area (TPSA) is 32.3 Å². The van der Waals surface area contributed by atoms with E-state index >= 15 is 0 Å². The molecule has 16 heavy (non-hydrogen) atoms. The minimum absolute atomic E-state index is 0.154. The molecule has 1 aromatic rings. The highest BCUT2D eigenvalue weighted by Crippen LogP contribution is 2.30. The number of aliphatic hydroxyl groups is 1. The van der Waals surface area contributed by atoms with Crippen molar-refractivity contribution in [3.8, 4) is 0 Å². The van der Waals surface area contributed by atoms with E-state index in [4.69, 9.17) is 23.2 Å². The van der Waals surface area contributed by atoms with Gasteiger partial charge in [-0.2, -0.15) is 0 Å². The molecule has 0 spiro atoms. The number of nitrogens with one attached hydrogen (secondary N) is 1. The molecule has 0 aromatic heterocycles. The van der Waals surface area contributed by atoms with Gasteiger partial charge in [-0.05, 0) is 25.0 Å². The van der Waals surface area contributed by atoms with Crippen molar-refractivity contribution < 1.29 is 5.11 Å². The summed E-state index contributed by atoms with van der Waals surface area (Å²) in [5.74, 6) is 0.154. The summed E-state index contributed by atoms with van der Waals surface area (Å²) in [6.07, 6.45) is 0. The number of hydrogen-bond donors (Lipinski definition) is 2. The fourth-order valence-corrected chi connectivity index (χ4v) is 1.67. The van der Waals surface area contributed by atoms with E-state index in [0.717, 1.165) is 0 Å². The molecule has 1 atom stereocenters. The summed E-state index contributed by atoms with van der Waals surface area (Å²) in [6.45, 7) is 6.13. The maximum absolute atomic E-state index is 10.1. The molecule has 0 fully saturated rings. The molecule has 0 aliphatic heterocycles. The minimum Gasteiger partial charge on any atom is -0.388 e. The lowest BCUT2D eigenvalue weighted by Gasteiger charge is -2.28. The largest absolute Gasteiger partial charge is 0.388 e. The number of hydrogen-bond acceptors (Lipinski definition) is 2. The van der Waals surface area contributed by atoms with Crippen LogP contribution < -0.4 is 5.32 Å². The number of benzene rings is 1. The summed E-state index contributed by atoms with van der Waals surface area (Å²) < 4.78 is 0. The lowest BCUT2D eigenvalue weighted by molar-refractivity contribution is 0.0266. The summed E-state index contributed by atoms with van der Waals surface area (Å²) in [7, 11) is 0. The van der Waals surface area contributed by atoms with Crippen molar-refractivity contribution in [2.75, 3.05) is 11.9 Å². The highest BCUT2D eigenvalue weighted by molar-refractivity contribution is 6.39. The predicted octanol–water partition coefficient (Wildman–Crippen LogP) is 3.81. The monoisotopic (exact) mass is 261 g/mol. The van der Waals surface area contributed by atoms with Gasteiger partial charge in [-0.3, -0.25) is 0 Å². The van der Waals surface area contributed by atoms with Crippen LogP contribution in [-0.2, 0) is 0 Å². The Morgan fingerprint density at radius 2 is 1.81 bits per heavy atom. The van der Waals surface area contributed by atoms with Crippen LogP contribution in [-0.4, -0.2) is 17.3 Å². The SMILES string of the molecule is CC(C)C(C)(O)CNc1c(Cl)cccc1Cl. The van der Waals surface area contributed by atoms with Crippen molar-refractivity contribution >= 4 is 28.9 Å². The van der Waals surface area contributed by atoms with Crippen molar-refractivity contribution in [2.45, 2.75) is 26.4 Å². The van der Waals surface area contributed by atoms with E-state index < -0.39 is 5.60 Å². The molecule has 0 amide bonds. The molecule has 1 aromatic carbocycles. The van der Waals surface area contributed by atoms with Gasteiger partial charge in [0.2, 0.25) is 0 Å². The Bertz CT molecular complexity index is 344. The van der Waals surface area contributed by atoms with Crippen LogP contribution >= 0.6 is 23.2 Å².